The first-order valence-corrected chi connectivity index (χ1v) is 12.1. The van der Waals surface area contributed by atoms with Crippen molar-refractivity contribution in [2.24, 2.45) is 0 Å². The van der Waals surface area contributed by atoms with Gasteiger partial charge in [-0.3, -0.25) is 14.7 Å². The maximum atomic E-state index is 13.3. The summed E-state index contributed by atoms with van der Waals surface area (Å²) in [4.78, 5) is 29.2. The summed E-state index contributed by atoms with van der Waals surface area (Å²) in [7, 11) is 0. The summed E-state index contributed by atoms with van der Waals surface area (Å²) in [6.45, 7) is 5.91. The normalized spacial score (nSPS) is 14.1. The van der Waals surface area contributed by atoms with E-state index in [2.05, 4.69) is 30.1 Å². The average Bonchev–Trinajstić information content (AvgIpc) is 3.20. The van der Waals surface area contributed by atoms with Crippen LogP contribution in [0.4, 0.5) is 15.8 Å². The summed E-state index contributed by atoms with van der Waals surface area (Å²) in [6.07, 6.45) is 4.49. The molecule has 3 heterocycles. The average molecular weight is 505 g/mol. The molecule has 2 N–H and O–H groups in total. The lowest BCUT2D eigenvalue weighted by atomic mass is 10.1. The van der Waals surface area contributed by atoms with Gasteiger partial charge < -0.3 is 15.2 Å². The Morgan fingerprint density at radius 1 is 1.06 bits per heavy atom. The van der Waals surface area contributed by atoms with E-state index in [1.165, 1.54) is 30.7 Å². The molecular formula is C27H26ClFN6O. The number of carbonyl (C=O) groups is 1. The first-order chi connectivity index (χ1) is 17.5. The molecule has 184 valence electrons. The van der Waals surface area contributed by atoms with Gasteiger partial charge in [-0.15, -0.1) is 0 Å². The SMILES string of the molecule is Cc1[nH]c(-c2ccc(Cl)cc2)c(CN2CCN(c3ccc(F)cc3)CC2)c1NC(=O)c1cnccn1. The molecule has 0 atom stereocenters. The number of aromatic amines is 1. The van der Waals surface area contributed by atoms with E-state index in [4.69, 9.17) is 11.6 Å². The summed E-state index contributed by atoms with van der Waals surface area (Å²) >= 11 is 6.13. The summed E-state index contributed by atoms with van der Waals surface area (Å²) in [6, 6.07) is 14.3. The molecule has 1 amide bonds. The number of hydrogen-bond acceptors (Lipinski definition) is 5. The number of piperazine rings is 1. The van der Waals surface area contributed by atoms with Crippen LogP contribution in [0.3, 0.4) is 0 Å². The number of benzene rings is 2. The van der Waals surface area contributed by atoms with Crippen molar-refractivity contribution in [3.05, 3.63) is 94.9 Å². The number of aromatic nitrogens is 3. The van der Waals surface area contributed by atoms with E-state index in [1.807, 2.05) is 43.3 Å². The van der Waals surface area contributed by atoms with Gasteiger partial charge in [0.2, 0.25) is 0 Å². The minimum absolute atomic E-state index is 0.231. The highest BCUT2D eigenvalue weighted by Gasteiger charge is 2.24. The Morgan fingerprint density at radius 3 is 2.44 bits per heavy atom. The van der Waals surface area contributed by atoms with Crippen molar-refractivity contribution in [1.82, 2.24) is 19.9 Å². The Morgan fingerprint density at radius 2 is 1.78 bits per heavy atom. The zero-order chi connectivity index (χ0) is 25.1. The second kappa shape index (κ2) is 10.5. The molecule has 9 heteroatoms. The Labute approximate surface area is 213 Å². The molecule has 7 nitrogen and oxygen atoms in total. The Bertz CT molecular complexity index is 1330. The van der Waals surface area contributed by atoms with Crippen LogP contribution in [-0.2, 0) is 6.54 Å². The predicted octanol–water partition coefficient (Wildman–Crippen LogP) is 5.15. The van der Waals surface area contributed by atoms with E-state index in [1.54, 1.807) is 0 Å². The van der Waals surface area contributed by atoms with Crippen LogP contribution < -0.4 is 10.2 Å². The first kappa shape index (κ1) is 24.0. The topological polar surface area (TPSA) is 77.2 Å². The number of H-pyrrole nitrogens is 1. The van der Waals surface area contributed by atoms with Crippen LogP contribution in [0.5, 0.6) is 0 Å². The minimum atomic E-state index is -0.310. The Balaban J connectivity index is 1.40. The first-order valence-electron chi connectivity index (χ1n) is 11.8. The van der Waals surface area contributed by atoms with Crippen molar-refractivity contribution in [2.75, 3.05) is 36.4 Å². The maximum absolute atomic E-state index is 13.3. The van der Waals surface area contributed by atoms with Gasteiger partial charge in [0.05, 0.1) is 17.6 Å². The van der Waals surface area contributed by atoms with E-state index in [0.29, 0.717) is 11.6 Å². The number of nitrogens with zero attached hydrogens (tertiary/aromatic N) is 4. The molecule has 1 aliphatic heterocycles. The number of aryl methyl sites for hydroxylation is 1. The molecule has 2 aromatic heterocycles. The van der Waals surface area contributed by atoms with E-state index in [0.717, 1.165) is 60.1 Å². The molecule has 0 aliphatic carbocycles. The van der Waals surface area contributed by atoms with Crippen LogP contribution in [0.25, 0.3) is 11.3 Å². The van der Waals surface area contributed by atoms with Crippen molar-refractivity contribution in [3.8, 4) is 11.3 Å². The molecule has 0 bridgehead atoms. The second-order valence-electron chi connectivity index (χ2n) is 8.77. The molecule has 1 aliphatic rings. The van der Waals surface area contributed by atoms with Gasteiger partial charge in [-0.05, 0) is 48.9 Å². The van der Waals surface area contributed by atoms with Crippen LogP contribution in [0, 0.1) is 12.7 Å². The molecule has 4 aromatic rings. The third-order valence-corrected chi connectivity index (χ3v) is 6.66. The molecule has 36 heavy (non-hydrogen) atoms. The third kappa shape index (κ3) is 5.24. The standard InChI is InChI=1S/C27H26ClFN6O/c1-18-25(33-27(36)24-16-30-10-11-31-24)23(26(32-18)19-2-4-20(28)5-3-19)17-34-12-14-35(15-13-34)22-8-6-21(29)7-9-22/h2-11,16,32H,12-15,17H2,1H3,(H,33,36). The zero-order valence-corrected chi connectivity index (χ0v) is 20.6. The number of amides is 1. The van der Waals surface area contributed by atoms with E-state index >= 15 is 0 Å². The number of hydrogen-bond donors (Lipinski definition) is 2. The Kier molecular flexibility index (Phi) is 6.97. The van der Waals surface area contributed by atoms with E-state index in [-0.39, 0.29) is 17.4 Å². The highest BCUT2D eigenvalue weighted by Crippen LogP contribution is 2.34. The molecule has 5 rings (SSSR count). The lowest BCUT2D eigenvalue weighted by molar-refractivity contribution is 0.102. The van der Waals surface area contributed by atoms with E-state index in [9.17, 15) is 9.18 Å². The highest BCUT2D eigenvalue weighted by molar-refractivity contribution is 6.30. The highest BCUT2D eigenvalue weighted by atomic mass is 35.5. The summed E-state index contributed by atoms with van der Waals surface area (Å²) in [5.74, 6) is -0.541. The van der Waals surface area contributed by atoms with Gasteiger partial charge in [0.1, 0.15) is 11.5 Å². The van der Waals surface area contributed by atoms with Crippen LogP contribution in [0.15, 0.2) is 67.1 Å². The van der Waals surface area contributed by atoms with Gasteiger partial charge in [0.15, 0.2) is 0 Å². The second-order valence-corrected chi connectivity index (χ2v) is 9.21. The number of nitrogens with one attached hydrogen (secondary N) is 2. The zero-order valence-electron chi connectivity index (χ0n) is 19.8. The molecule has 1 saturated heterocycles. The van der Waals surface area contributed by atoms with Gasteiger partial charge in [0.25, 0.3) is 5.91 Å². The van der Waals surface area contributed by atoms with Crippen molar-refractivity contribution >= 4 is 28.9 Å². The van der Waals surface area contributed by atoms with Crippen LogP contribution in [0.2, 0.25) is 5.02 Å². The van der Waals surface area contributed by atoms with Gasteiger partial charge in [-0.2, -0.15) is 0 Å². The number of anilines is 2. The predicted molar refractivity (Wildman–Crippen MR) is 140 cm³/mol. The van der Waals surface area contributed by atoms with Gasteiger partial charge in [-0.25, -0.2) is 9.37 Å². The quantitative estimate of drug-likeness (QED) is 0.380. The lowest BCUT2D eigenvalue weighted by Crippen LogP contribution is -2.46. The fraction of sp³-hybridized carbons (Fsp3) is 0.222. The van der Waals surface area contributed by atoms with Gasteiger partial charge in [-0.1, -0.05) is 23.7 Å². The summed E-state index contributed by atoms with van der Waals surface area (Å²) < 4.78 is 13.3. The van der Waals surface area contributed by atoms with Gasteiger partial charge in [0, 0.05) is 67.1 Å². The number of carbonyl (C=O) groups excluding carboxylic acids is 1. The maximum Gasteiger partial charge on any atom is 0.275 e. The molecule has 0 radical (unpaired) electrons. The van der Waals surface area contributed by atoms with Crippen molar-refractivity contribution in [1.29, 1.82) is 0 Å². The largest absolute Gasteiger partial charge is 0.369 e. The fourth-order valence-corrected chi connectivity index (χ4v) is 4.63. The third-order valence-electron chi connectivity index (χ3n) is 6.40. The van der Waals surface area contributed by atoms with E-state index < -0.39 is 0 Å². The molecule has 0 saturated carbocycles. The Hall–Kier alpha value is -3.75. The molecular weight excluding hydrogens is 479 g/mol. The number of halogens is 2. The van der Waals surface area contributed by atoms with Gasteiger partial charge >= 0.3 is 0 Å². The minimum Gasteiger partial charge on any atom is -0.369 e. The molecule has 0 spiro atoms. The fourth-order valence-electron chi connectivity index (χ4n) is 4.50. The molecule has 2 aromatic carbocycles. The summed E-state index contributed by atoms with van der Waals surface area (Å²) in [5, 5.41) is 3.72. The number of rotatable bonds is 6. The lowest BCUT2D eigenvalue weighted by Gasteiger charge is -2.36. The van der Waals surface area contributed by atoms with Crippen LogP contribution >= 0.6 is 11.6 Å². The van der Waals surface area contributed by atoms with Crippen molar-refractivity contribution < 1.29 is 9.18 Å². The van der Waals surface area contributed by atoms with Crippen LogP contribution in [0.1, 0.15) is 21.7 Å². The monoisotopic (exact) mass is 504 g/mol. The molecule has 1 fully saturated rings. The molecule has 0 unspecified atom stereocenters. The summed E-state index contributed by atoms with van der Waals surface area (Å²) in [5.41, 5.74) is 5.82. The van der Waals surface area contributed by atoms with Crippen LogP contribution in [-0.4, -0.2) is 51.9 Å². The van der Waals surface area contributed by atoms with Crippen molar-refractivity contribution in [3.63, 3.8) is 0 Å². The smallest absolute Gasteiger partial charge is 0.275 e. The van der Waals surface area contributed by atoms with Crippen molar-refractivity contribution in [2.45, 2.75) is 13.5 Å².